The predicted molar refractivity (Wildman–Crippen MR) is 109 cm³/mol. The SMILES string of the molecule is Cc1[nH]c2ccccc2c1C(=O)COC(=O)CCn1cnc2ccccc2c1=O. The van der Waals surface area contributed by atoms with Crippen LogP contribution in [0.5, 0.6) is 0 Å². The topological polar surface area (TPSA) is 94.1 Å². The summed E-state index contributed by atoms with van der Waals surface area (Å²) in [7, 11) is 0. The van der Waals surface area contributed by atoms with Gasteiger partial charge in [-0.3, -0.25) is 19.0 Å². The molecular formula is C22H19N3O4. The molecule has 0 unspecified atom stereocenters. The summed E-state index contributed by atoms with van der Waals surface area (Å²) in [6.07, 6.45) is 1.39. The molecule has 0 aliphatic heterocycles. The second kappa shape index (κ2) is 7.71. The van der Waals surface area contributed by atoms with E-state index in [-0.39, 0.29) is 30.9 Å². The Morgan fingerprint density at radius 1 is 1.07 bits per heavy atom. The highest BCUT2D eigenvalue weighted by molar-refractivity contribution is 6.10. The van der Waals surface area contributed by atoms with Crippen LogP contribution < -0.4 is 5.56 Å². The number of para-hydroxylation sites is 2. The standard InChI is InChI=1S/C22H19N3O4/c1-14-21(15-6-2-5-9-18(15)24-14)19(26)12-29-20(27)10-11-25-13-23-17-8-4-3-7-16(17)22(25)28/h2-9,13,24H,10-12H2,1H3. The summed E-state index contributed by atoms with van der Waals surface area (Å²) in [5, 5.41) is 1.30. The van der Waals surface area contributed by atoms with Crippen molar-refractivity contribution >= 4 is 33.6 Å². The molecule has 4 aromatic rings. The quantitative estimate of drug-likeness (QED) is 0.404. The summed E-state index contributed by atoms with van der Waals surface area (Å²) in [5.41, 5.74) is 2.53. The Balaban J connectivity index is 1.39. The van der Waals surface area contributed by atoms with Crippen molar-refractivity contribution in [2.24, 2.45) is 0 Å². The fraction of sp³-hybridized carbons (Fsp3) is 0.182. The highest BCUT2D eigenvalue weighted by atomic mass is 16.5. The molecule has 2 aromatic heterocycles. The second-order valence-corrected chi connectivity index (χ2v) is 6.76. The Bertz CT molecular complexity index is 1290. The Kier molecular flexibility index (Phi) is 4.95. The molecule has 0 saturated carbocycles. The first-order chi connectivity index (χ1) is 14.0. The number of esters is 1. The van der Waals surface area contributed by atoms with Crippen molar-refractivity contribution in [1.82, 2.24) is 14.5 Å². The number of aryl methyl sites for hydroxylation is 2. The molecule has 0 atom stereocenters. The van der Waals surface area contributed by atoms with Gasteiger partial charge in [0, 0.05) is 28.7 Å². The Morgan fingerprint density at radius 2 is 1.79 bits per heavy atom. The van der Waals surface area contributed by atoms with Crippen LogP contribution in [-0.4, -0.2) is 32.9 Å². The maximum Gasteiger partial charge on any atom is 0.308 e. The van der Waals surface area contributed by atoms with E-state index < -0.39 is 5.97 Å². The number of ketones is 1. The zero-order chi connectivity index (χ0) is 20.4. The van der Waals surface area contributed by atoms with E-state index in [0.29, 0.717) is 16.5 Å². The summed E-state index contributed by atoms with van der Waals surface area (Å²) in [5.74, 6) is -0.811. The fourth-order valence-electron chi connectivity index (χ4n) is 3.40. The van der Waals surface area contributed by atoms with Crippen molar-refractivity contribution in [3.63, 3.8) is 0 Å². The molecule has 2 heterocycles. The van der Waals surface area contributed by atoms with Crippen LogP contribution in [0.3, 0.4) is 0 Å². The van der Waals surface area contributed by atoms with Gasteiger partial charge in [0.2, 0.25) is 5.78 Å². The number of nitrogens with one attached hydrogen (secondary N) is 1. The third-order valence-electron chi connectivity index (χ3n) is 4.83. The average Bonchev–Trinajstić information content (AvgIpc) is 3.07. The van der Waals surface area contributed by atoms with E-state index in [1.165, 1.54) is 10.9 Å². The number of hydrogen-bond acceptors (Lipinski definition) is 5. The third kappa shape index (κ3) is 3.67. The van der Waals surface area contributed by atoms with Crippen LogP contribution >= 0.6 is 0 Å². The number of carbonyl (C=O) groups is 2. The summed E-state index contributed by atoms with van der Waals surface area (Å²) in [4.78, 5) is 44.5. The van der Waals surface area contributed by atoms with E-state index >= 15 is 0 Å². The molecule has 0 amide bonds. The van der Waals surface area contributed by atoms with Gasteiger partial charge in [-0.2, -0.15) is 0 Å². The van der Waals surface area contributed by atoms with Crippen LogP contribution in [-0.2, 0) is 16.1 Å². The van der Waals surface area contributed by atoms with Gasteiger partial charge in [-0.05, 0) is 25.1 Å². The number of aromatic amines is 1. The van der Waals surface area contributed by atoms with Gasteiger partial charge in [0.15, 0.2) is 6.61 Å². The summed E-state index contributed by atoms with van der Waals surface area (Å²) in [6.45, 7) is 1.61. The summed E-state index contributed by atoms with van der Waals surface area (Å²) in [6, 6.07) is 14.5. The van der Waals surface area contributed by atoms with Crippen LogP contribution in [0.2, 0.25) is 0 Å². The van der Waals surface area contributed by atoms with Gasteiger partial charge in [0.25, 0.3) is 5.56 Å². The number of nitrogens with zero attached hydrogens (tertiary/aromatic N) is 2. The minimum Gasteiger partial charge on any atom is -0.457 e. The highest BCUT2D eigenvalue weighted by Crippen LogP contribution is 2.22. The molecule has 4 rings (SSSR count). The molecule has 1 N–H and O–H groups in total. The van der Waals surface area contributed by atoms with Gasteiger partial charge < -0.3 is 9.72 Å². The van der Waals surface area contributed by atoms with E-state index in [4.69, 9.17) is 4.74 Å². The van der Waals surface area contributed by atoms with Crippen molar-refractivity contribution in [3.8, 4) is 0 Å². The molecule has 0 spiro atoms. The molecule has 7 heteroatoms. The minimum absolute atomic E-state index is 0.0277. The number of rotatable bonds is 6. The van der Waals surface area contributed by atoms with Crippen molar-refractivity contribution in [3.05, 3.63) is 76.5 Å². The second-order valence-electron chi connectivity index (χ2n) is 6.76. The van der Waals surface area contributed by atoms with E-state index in [9.17, 15) is 14.4 Å². The van der Waals surface area contributed by atoms with Crippen LogP contribution in [0.25, 0.3) is 21.8 Å². The lowest BCUT2D eigenvalue weighted by Gasteiger charge is -2.07. The predicted octanol–water partition coefficient (Wildman–Crippen LogP) is 3.00. The molecule has 7 nitrogen and oxygen atoms in total. The van der Waals surface area contributed by atoms with Crippen molar-refractivity contribution in [2.75, 3.05) is 6.61 Å². The maximum atomic E-state index is 12.6. The molecule has 0 bridgehead atoms. The molecule has 2 aromatic carbocycles. The summed E-state index contributed by atoms with van der Waals surface area (Å²) >= 11 is 0. The molecule has 29 heavy (non-hydrogen) atoms. The Hall–Kier alpha value is -3.74. The van der Waals surface area contributed by atoms with E-state index in [1.54, 1.807) is 18.2 Å². The number of Topliss-reactive ketones (excluding diaryl/α,β-unsaturated/α-hetero) is 1. The Morgan fingerprint density at radius 3 is 2.62 bits per heavy atom. The molecular weight excluding hydrogens is 370 g/mol. The first-order valence-electron chi connectivity index (χ1n) is 9.25. The van der Waals surface area contributed by atoms with Gasteiger partial charge in [0.05, 0.1) is 23.7 Å². The van der Waals surface area contributed by atoms with Crippen LogP contribution in [0.1, 0.15) is 22.5 Å². The van der Waals surface area contributed by atoms with Crippen molar-refractivity contribution < 1.29 is 14.3 Å². The average molecular weight is 389 g/mol. The number of hydrogen-bond donors (Lipinski definition) is 1. The Labute approximate surface area is 165 Å². The van der Waals surface area contributed by atoms with Crippen molar-refractivity contribution in [2.45, 2.75) is 19.9 Å². The van der Waals surface area contributed by atoms with Crippen LogP contribution in [0.15, 0.2) is 59.7 Å². The van der Waals surface area contributed by atoms with Crippen LogP contribution in [0.4, 0.5) is 0 Å². The van der Waals surface area contributed by atoms with E-state index in [2.05, 4.69) is 9.97 Å². The number of aromatic nitrogens is 3. The molecule has 0 aliphatic carbocycles. The zero-order valence-electron chi connectivity index (χ0n) is 15.8. The van der Waals surface area contributed by atoms with E-state index in [0.717, 1.165) is 16.6 Å². The fourth-order valence-corrected chi connectivity index (χ4v) is 3.40. The normalized spacial score (nSPS) is 11.1. The minimum atomic E-state index is -0.545. The van der Waals surface area contributed by atoms with E-state index in [1.807, 2.05) is 37.3 Å². The number of carbonyl (C=O) groups excluding carboxylic acids is 2. The van der Waals surface area contributed by atoms with Gasteiger partial charge >= 0.3 is 5.97 Å². The highest BCUT2D eigenvalue weighted by Gasteiger charge is 2.17. The van der Waals surface area contributed by atoms with Gasteiger partial charge in [-0.1, -0.05) is 30.3 Å². The maximum absolute atomic E-state index is 12.6. The number of ether oxygens (including phenoxy) is 1. The van der Waals surface area contributed by atoms with Crippen LogP contribution in [0, 0.1) is 6.92 Å². The monoisotopic (exact) mass is 389 g/mol. The largest absolute Gasteiger partial charge is 0.457 e. The first kappa shape index (κ1) is 18.6. The zero-order valence-corrected chi connectivity index (χ0v) is 15.8. The number of fused-ring (bicyclic) bond motifs is 2. The smallest absolute Gasteiger partial charge is 0.308 e. The molecule has 146 valence electrons. The van der Waals surface area contributed by atoms with Crippen molar-refractivity contribution in [1.29, 1.82) is 0 Å². The first-order valence-corrected chi connectivity index (χ1v) is 9.25. The van der Waals surface area contributed by atoms with Gasteiger partial charge in [-0.25, -0.2) is 4.98 Å². The van der Waals surface area contributed by atoms with Gasteiger partial charge in [-0.15, -0.1) is 0 Å². The van der Waals surface area contributed by atoms with Gasteiger partial charge in [0.1, 0.15) is 0 Å². The summed E-state index contributed by atoms with van der Waals surface area (Å²) < 4.78 is 6.51. The number of benzene rings is 2. The molecule has 0 fully saturated rings. The lowest BCUT2D eigenvalue weighted by Crippen LogP contribution is -2.23. The third-order valence-corrected chi connectivity index (χ3v) is 4.83. The molecule has 0 saturated heterocycles. The molecule has 0 radical (unpaired) electrons. The molecule has 0 aliphatic rings. The lowest BCUT2D eigenvalue weighted by atomic mass is 10.1. The number of H-pyrrole nitrogens is 1. The lowest BCUT2D eigenvalue weighted by molar-refractivity contribution is -0.142.